The van der Waals surface area contributed by atoms with E-state index in [1.807, 2.05) is 38.1 Å². The van der Waals surface area contributed by atoms with Gasteiger partial charge in [0.05, 0.1) is 11.6 Å². The van der Waals surface area contributed by atoms with Crippen LogP contribution in [0, 0.1) is 6.92 Å². The summed E-state index contributed by atoms with van der Waals surface area (Å²) in [5, 5.41) is 2.98. The fourth-order valence-electron chi connectivity index (χ4n) is 1.83. The Labute approximate surface area is 121 Å². The number of aromatic nitrogens is 1. The Morgan fingerprint density at radius 2 is 1.95 bits per heavy atom. The summed E-state index contributed by atoms with van der Waals surface area (Å²) in [6.45, 7) is 3.80. The van der Waals surface area contributed by atoms with E-state index in [9.17, 15) is 4.79 Å². The molecule has 1 atom stereocenters. The van der Waals surface area contributed by atoms with Crippen molar-refractivity contribution in [3.8, 4) is 0 Å². The predicted molar refractivity (Wildman–Crippen MR) is 79.0 cm³/mol. The van der Waals surface area contributed by atoms with E-state index >= 15 is 0 Å². The standard InChI is InChI=1S/C15H15BrN2O/c1-10(12-5-7-13(16)8-6-12)18-15(19)14-4-3-9-17-11(14)2/h3-10H,1-2H3,(H,18,19). The zero-order chi connectivity index (χ0) is 13.8. The topological polar surface area (TPSA) is 42.0 Å². The van der Waals surface area contributed by atoms with Crippen LogP contribution in [0.5, 0.6) is 0 Å². The molecule has 0 bridgehead atoms. The molecule has 4 heteroatoms. The van der Waals surface area contributed by atoms with Gasteiger partial charge in [-0.1, -0.05) is 28.1 Å². The van der Waals surface area contributed by atoms with Crippen molar-refractivity contribution in [1.82, 2.24) is 10.3 Å². The molecule has 0 spiro atoms. The van der Waals surface area contributed by atoms with Gasteiger partial charge in [0.25, 0.3) is 5.91 Å². The van der Waals surface area contributed by atoms with Gasteiger partial charge in [0, 0.05) is 16.4 Å². The first kappa shape index (κ1) is 13.7. The first-order valence-corrected chi connectivity index (χ1v) is 6.85. The third-order valence-corrected chi connectivity index (χ3v) is 3.50. The summed E-state index contributed by atoms with van der Waals surface area (Å²) in [4.78, 5) is 16.3. The van der Waals surface area contributed by atoms with E-state index in [0.29, 0.717) is 5.56 Å². The van der Waals surface area contributed by atoms with Crippen molar-refractivity contribution < 1.29 is 4.79 Å². The average molecular weight is 319 g/mol. The van der Waals surface area contributed by atoms with Gasteiger partial charge in [0.15, 0.2) is 0 Å². The number of benzene rings is 1. The van der Waals surface area contributed by atoms with Gasteiger partial charge in [0.2, 0.25) is 0 Å². The third-order valence-electron chi connectivity index (χ3n) is 2.97. The molecule has 0 aliphatic rings. The van der Waals surface area contributed by atoms with Gasteiger partial charge in [-0.05, 0) is 43.7 Å². The van der Waals surface area contributed by atoms with Crippen LogP contribution in [0.3, 0.4) is 0 Å². The molecule has 0 aliphatic heterocycles. The molecule has 1 amide bonds. The fraction of sp³-hybridized carbons (Fsp3) is 0.200. The zero-order valence-electron chi connectivity index (χ0n) is 10.9. The van der Waals surface area contributed by atoms with E-state index in [2.05, 4.69) is 26.2 Å². The lowest BCUT2D eigenvalue weighted by Crippen LogP contribution is -2.27. The number of rotatable bonds is 3. The average Bonchev–Trinajstić information content (AvgIpc) is 2.39. The summed E-state index contributed by atoms with van der Waals surface area (Å²) in [5.74, 6) is -0.0963. The van der Waals surface area contributed by atoms with E-state index < -0.39 is 0 Å². The molecular weight excluding hydrogens is 304 g/mol. The minimum atomic E-state index is -0.0963. The molecule has 0 radical (unpaired) electrons. The number of halogens is 1. The Hall–Kier alpha value is -1.68. The lowest BCUT2D eigenvalue weighted by Gasteiger charge is -2.15. The van der Waals surface area contributed by atoms with Gasteiger partial charge in [0.1, 0.15) is 0 Å². The molecule has 0 fully saturated rings. The first-order chi connectivity index (χ1) is 9.08. The van der Waals surface area contributed by atoms with Crippen molar-refractivity contribution in [3.05, 3.63) is 63.9 Å². The molecule has 1 aromatic carbocycles. The number of aryl methyl sites for hydroxylation is 1. The Balaban J connectivity index is 2.11. The van der Waals surface area contributed by atoms with Gasteiger partial charge in [-0.15, -0.1) is 0 Å². The summed E-state index contributed by atoms with van der Waals surface area (Å²) >= 11 is 3.40. The second-order valence-electron chi connectivity index (χ2n) is 4.38. The van der Waals surface area contributed by atoms with Gasteiger partial charge in [-0.3, -0.25) is 9.78 Å². The number of hydrogen-bond acceptors (Lipinski definition) is 2. The van der Waals surface area contributed by atoms with Crippen molar-refractivity contribution in [3.63, 3.8) is 0 Å². The van der Waals surface area contributed by atoms with Crippen molar-refractivity contribution in [2.75, 3.05) is 0 Å². The quantitative estimate of drug-likeness (QED) is 0.938. The zero-order valence-corrected chi connectivity index (χ0v) is 12.4. The van der Waals surface area contributed by atoms with Crippen LogP contribution < -0.4 is 5.32 Å². The Morgan fingerprint density at radius 3 is 2.58 bits per heavy atom. The normalized spacial score (nSPS) is 11.9. The van der Waals surface area contributed by atoms with Crippen LogP contribution in [0.25, 0.3) is 0 Å². The number of nitrogens with one attached hydrogen (secondary N) is 1. The van der Waals surface area contributed by atoms with Crippen LogP contribution in [-0.4, -0.2) is 10.9 Å². The van der Waals surface area contributed by atoms with Crippen molar-refractivity contribution in [2.45, 2.75) is 19.9 Å². The van der Waals surface area contributed by atoms with Gasteiger partial charge in [-0.2, -0.15) is 0 Å². The fourth-order valence-corrected chi connectivity index (χ4v) is 2.10. The van der Waals surface area contributed by atoms with Crippen LogP contribution in [0.2, 0.25) is 0 Å². The Bertz CT molecular complexity index is 581. The highest BCUT2D eigenvalue weighted by molar-refractivity contribution is 9.10. The van der Waals surface area contributed by atoms with E-state index in [1.165, 1.54) is 0 Å². The van der Waals surface area contributed by atoms with Crippen LogP contribution in [-0.2, 0) is 0 Å². The molecule has 2 rings (SSSR count). The maximum atomic E-state index is 12.2. The van der Waals surface area contributed by atoms with Crippen molar-refractivity contribution in [1.29, 1.82) is 0 Å². The maximum absolute atomic E-state index is 12.2. The summed E-state index contributed by atoms with van der Waals surface area (Å²) in [6.07, 6.45) is 1.68. The molecule has 1 heterocycles. The highest BCUT2D eigenvalue weighted by Gasteiger charge is 2.13. The minimum absolute atomic E-state index is 0.0415. The molecule has 3 nitrogen and oxygen atoms in total. The summed E-state index contributed by atoms with van der Waals surface area (Å²) in [6, 6.07) is 11.4. The molecule has 0 saturated carbocycles. The van der Waals surface area contributed by atoms with Crippen LogP contribution in [0.15, 0.2) is 47.1 Å². The molecule has 2 aromatic rings. The van der Waals surface area contributed by atoms with Crippen molar-refractivity contribution in [2.24, 2.45) is 0 Å². The summed E-state index contributed by atoms with van der Waals surface area (Å²) in [7, 11) is 0. The number of hydrogen-bond donors (Lipinski definition) is 1. The molecule has 19 heavy (non-hydrogen) atoms. The summed E-state index contributed by atoms with van der Waals surface area (Å²) in [5.41, 5.74) is 2.42. The second-order valence-corrected chi connectivity index (χ2v) is 5.30. The smallest absolute Gasteiger partial charge is 0.253 e. The predicted octanol–water partition coefficient (Wildman–Crippen LogP) is 3.64. The lowest BCUT2D eigenvalue weighted by atomic mass is 10.1. The van der Waals surface area contributed by atoms with E-state index in [0.717, 1.165) is 15.7 Å². The molecule has 0 aliphatic carbocycles. The molecule has 1 unspecified atom stereocenters. The molecular formula is C15H15BrN2O. The number of amides is 1. The first-order valence-electron chi connectivity index (χ1n) is 6.06. The van der Waals surface area contributed by atoms with Gasteiger partial charge in [-0.25, -0.2) is 0 Å². The third kappa shape index (κ3) is 3.41. The summed E-state index contributed by atoms with van der Waals surface area (Å²) < 4.78 is 1.03. The molecule has 0 saturated heterocycles. The second kappa shape index (κ2) is 5.97. The lowest BCUT2D eigenvalue weighted by molar-refractivity contribution is 0.0939. The molecule has 1 aromatic heterocycles. The van der Waals surface area contributed by atoms with Crippen LogP contribution >= 0.6 is 15.9 Å². The highest BCUT2D eigenvalue weighted by Crippen LogP contribution is 2.17. The van der Waals surface area contributed by atoms with E-state index in [1.54, 1.807) is 18.3 Å². The van der Waals surface area contributed by atoms with Crippen LogP contribution in [0.1, 0.15) is 34.6 Å². The number of carbonyl (C=O) groups is 1. The van der Waals surface area contributed by atoms with Gasteiger partial charge < -0.3 is 5.32 Å². The Morgan fingerprint density at radius 1 is 1.26 bits per heavy atom. The maximum Gasteiger partial charge on any atom is 0.253 e. The van der Waals surface area contributed by atoms with Crippen LogP contribution in [0.4, 0.5) is 0 Å². The Kier molecular flexibility index (Phi) is 4.32. The number of nitrogens with zero attached hydrogens (tertiary/aromatic N) is 1. The number of carbonyl (C=O) groups excluding carboxylic acids is 1. The SMILES string of the molecule is Cc1ncccc1C(=O)NC(C)c1ccc(Br)cc1. The molecule has 1 N–H and O–H groups in total. The van der Waals surface area contributed by atoms with Gasteiger partial charge >= 0.3 is 0 Å². The minimum Gasteiger partial charge on any atom is -0.345 e. The van der Waals surface area contributed by atoms with E-state index in [4.69, 9.17) is 0 Å². The highest BCUT2D eigenvalue weighted by atomic mass is 79.9. The molecule has 98 valence electrons. The monoisotopic (exact) mass is 318 g/mol. The largest absolute Gasteiger partial charge is 0.345 e. The van der Waals surface area contributed by atoms with E-state index in [-0.39, 0.29) is 11.9 Å². The van der Waals surface area contributed by atoms with Crippen molar-refractivity contribution >= 4 is 21.8 Å². The number of pyridine rings is 1.